The van der Waals surface area contributed by atoms with E-state index >= 15 is 0 Å². The van der Waals surface area contributed by atoms with Crippen molar-refractivity contribution in [3.63, 3.8) is 0 Å². The third-order valence-electron chi connectivity index (χ3n) is 3.86. The minimum absolute atomic E-state index is 0.221. The summed E-state index contributed by atoms with van der Waals surface area (Å²) in [4.78, 5) is 0. The van der Waals surface area contributed by atoms with Crippen molar-refractivity contribution < 1.29 is 31.1 Å². The average molecular weight is 306 g/mol. The monoisotopic (exact) mass is 306 g/mol. The van der Waals surface area contributed by atoms with Gasteiger partial charge in [0.2, 0.25) is 0 Å². The maximum Gasteiger partial charge on any atom is 0.427 e. The van der Waals surface area contributed by atoms with Gasteiger partial charge in [0.1, 0.15) is 0 Å². The molecule has 0 aromatic carbocycles. The highest BCUT2D eigenvalue weighted by molar-refractivity contribution is 5.04. The normalized spacial score (nSPS) is 19.6. The van der Waals surface area contributed by atoms with E-state index in [1.54, 1.807) is 0 Å². The molecule has 0 unspecified atom stereocenters. The summed E-state index contributed by atoms with van der Waals surface area (Å²) in [7, 11) is 0. The molecule has 0 bridgehead atoms. The van der Waals surface area contributed by atoms with Crippen molar-refractivity contribution in [3.8, 4) is 0 Å². The molecular weight excluding hydrogens is 286 g/mol. The molecule has 0 N–H and O–H groups in total. The molecule has 1 fully saturated rings. The van der Waals surface area contributed by atoms with Crippen LogP contribution in [0.5, 0.6) is 0 Å². The fourth-order valence-electron chi connectivity index (χ4n) is 2.81. The smallest absolute Gasteiger partial charge is 0.357 e. The van der Waals surface area contributed by atoms with Crippen LogP contribution in [0.25, 0.3) is 0 Å². The van der Waals surface area contributed by atoms with Gasteiger partial charge in [-0.05, 0) is 18.8 Å². The maximum absolute atomic E-state index is 13.2. The molecule has 1 rings (SSSR count). The van der Waals surface area contributed by atoms with Gasteiger partial charge in [-0.2, -0.15) is 26.3 Å². The van der Waals surface area contributed by atoms with E-state index in [1.165, 1.54) is 0 Å². The zero-order valence-electron chi connectivity index (χ0n) is 11.8. The molecule has 1 aliphatic carbocycles. The quantitative estimate of drug-likeness (QED) is 0.659. The minimum Gasteiger partial charge on any atom is -0.357 e. The highest BCUT2D eigenvalue weighted by Gasteiger charge is 2.77. The van der Waals surface area contributed by atoms with Crippen LogP contribution in [0.2, 0.25) is 0 Å². The number of hydrogen-bond acceptors (Lipinski definition) is 1. The predicted molar refractivity (Wildman–Crippen MR) is 62.2 cm³/mol. The lowest BCUT2D eigenvalue weighted by Gasteiger charge is -2.46. The Morgan fingerprint density at radius 1 is 0.850 bits per heavy atom. The van der Waals surface area contributed by atoms with Gasteiger partial charge < -0.3 is 4.74 Å². The first kappa shape index (κ1) is 17.6. The van der Waals surface area contributed by atoms with E-state index in [1.807, 2.05) is 0 Å². The SMILES string of the molecule is CC(C)(C)C(OCC1CCCC1)(C(F)(F)F)C(F)(F)F. The van der Waals surface area contributed by atoms with Gasteiger partial charge in [-0.1, -0.05) is 33.6 Å². The topological polar surface area (TPSA) is 9.23 Å². The highest BCUT2D eigenvalue weighted by atomic mass is 19.4. The van der Waals surface area contributed by atoms with Gasteiger partial charge in [0, 0.05) is 5.41 Å². The Bertz CT molecular complexity index is 283. The van der Waals surface area contributed by atoms with Crippen LogP contribution in [0.15, 0.2) is 0 Å². The molecule has 0 aliphatic heterocycles. The summed E-state index contributed by atoms with van der Waals surface area (Å²) in [5.41, 5.74) is -6.27. The van der Waals surface area contributed by atoms with E-state index in [-0.39, 0.29) is 5.92 Å². The summed E-state index contributed by atoms with van der Waals surface area (Å²) < 4.78 is 83.7. The van der Waals surface area contributed by atoms with E-state index in [0.717, 1.165) is 33.6 Å². The molecule has 0 spiro atoms. The Labute approximate surface area is 114 Å². The van der Waals surface area contributed by atoms with Gasteiger partial charge in [-0.3, -0.25) is 0 Å². The van der Waals surface area contributed by atoms with E-state index in [4.69, 9.17) is 0 Å². The summed E-state index contributed by atoms with van der Waals surface area (Å²) in [5, 5.41) is 0. The first-order valence-electron chi connectivity index (χ1n) is 6.60. The molecule has 1 saturated carbocycles. The Morgan fingerprint density at radius 2 is 1.25 bits per heavy atom. The Hall–Kier alpha value is -0.460. The minimum atomic E-state index is -5.51. The third kappa shape index (κ3) is 3.07. The average Bonchev–Trinajstić information content (AvgIpc) is 2.63. The lowest BCUT2D eigenvalue weighted by molar-refractivity contribution is -0.411. The van der Waals surface area contributed by atoms with Crippen molar-refractivity contribution in [2.24, 2.45) is 11.3 Å². The van der Waals surface area contributed by atoms with Gasteiger partial charge in [0.25, 0.3) is 5.60 Å². The van der Waals surface area contributed by atoms with Gasteiger partial charge in [0.05, 0.1) is 6.61 Å². The molecule has 0 atom stereocenters. The van der Waals surface area contributed by atoms with E-state index in [2.05, 4.69) is 4.74 Å². The Kier molecular flexibility index (Phi) is 4.74. The molecule has 0 aromatic rings. The second kappa shape index (κ2) is 5.39. The summed E-state index contributed by atoms with van der Waals surface area (Å²) in [5.74, 6) is -0.221. The zero-order valence-corrected chi connectivity index (χ0v) is 11.8. The van der Waals surface area contributed by atoms with Crippen LogP contribution < -0.4 is 0 Å². The first-order valence-corrected chi connectivity index (χ1v) is 6.60. The van der Waals surface area contributed by atoms with Crippen molar-refractivity contribution in [1.29, 1.82) is 0 Å². The molecule has 0 aromatic heterocycles. The van der Waals surface area contributed by atoms with Crippen LogP contribution in [0.3, 0.4) is 0 Å². The Balaban J connectivity index is 3.10. The highest BCUT2D eigenvalue weighted by Crippen LogP contribution is 2.55. The first-order chi connectivity index (χ1) is 8.83. The number of hydrogen-bond donors (Lipinski definition) is 0. The fraction of sp³-hybridized carbons (Fsp3) is 1.00. The maximum atomic E-state index is 13.2. The molecule has 0 radical (unpaired) electrons. The van der Waals surface area contributed by atoms with Crippen LogP contribution in [0.4, 0.5) is 26.3 Å². The van der Waals surface area contributed by atoms with E-state index in [9.17, 15) is 26.3 Å². The van der Waals surface area contributed by atoms with Crippen molar-refractivity contribution >= 4 is 0 Å². The molecule has 0 heterocycles. The van der Waals surface area contributed by atoms with Crippen LogP contribution in [-0.2, 0) is 4.74 Å². The summed E-state index contributed by atoms with van der Waals surface area (Å²) in [6.45, 7) is 2.21. The van der Waals surface area contributed by atoms with Gasteiger partial charge in [0.15, 0.2) is 0 Å². The second-order valence-corrected chi connectivity index (χ2v) is 6.39. The van der Waals surface area contributed by atoms with Crippen molar-refractivity contribution in [3.05, 3.63) is 0 Å². The van der Waals surface area contributed by atoms with E-state index < -0.39 is 30.0 Å². The number of rotatable bonds is 3. The fourth-order valence-corrected chi connectivity index (χ4v) is 2.81. The van der Waals surface area contributed by atoms with Crippen LogP contribution in [0, 0.1) is 11.3 Å². The summed E-state index contributed by atoms with van der Waals surface area (Å²) in [6.07, 6.45) is -8.13. The summed E-state index contributed by atoms with van der Waals surface area (Å²) in [6, 6.07) is 0. The lowest BCUT2D eigenvalue weighted by atomic mass is 9.74. The van der Waals surface area contributed by atoms with Gasteiger partial charge in [-0.15, -0.1) is 0 Å². The summed E-state index contributed by atoms with van der Waals surface area (Å²) >= 11 is 0. The van der Waals surface area contributed by atoms with Crippen molar-refractivity contribution in [2.45, 2.75) is 64.4 Å². The van der Waals surface area contributed by atoms with Crippen LogP contribution in [-0.4, -0.2) is 24.6 Å². The van der Waals surface area contributed by atoms with Crippen LogP contribution >= 0.6 is 0 Å². The molecular formula is C13H20F6O. The number of halogens is 6. The van der Waals surface area contributed by atoms with Gasteiger partial charge >= 0.3 is 12.4 Å². The molecule has 0 amide bonds. The second-order valence-electron chi connectivity index (χ2n) is 6.39. The largest absolute Gasteiger partial charge is 0.427 e. The molecule has 1 aliphatic rings. The molecule has 120 valence electrons. The molecule has 0 saturated heterocycles. The van der Waals surface area contributed by atoms with Gasteiger partial charge in [-0.25, -0.2) is 0 Å². The third-order valence-corrected chi connectivity index (χ3v) is 3.86. The van der Waals surface area contributed by atoms with Crippen LogP contribution in [0.1, 0.15) is 46.5 Å². The van der Waals surface area contributed by atoms with Crippen molar-refractivity contribution in [2.75, 3.05) is 6.61 Å². The molecule has 20 heavy (non-hydrogen) atoms. The number of alkyl halides is 6. The van der Waals surface area contributed by atoms with E-state index in [0.29, 0.717) is 12.8 Å². The van der Waals surface area contributed by atoms with Crippen molar-refractivity contribution in [1.82, 2.24) is 0 Å². The molecule has 1 nitrogen and oxygen atoms in total. The zero-order chi connectivity index (χ0) is 15.8. The number of ether oxygens (including phenoxy) is 1. The standard InChI is InChI=1S/C13H20F6O/c1-10(2,3)11(12(14,15)16,13(17,18)19)20-8-9-6-4-5-7-9/h9H,4-8H2,1-3H3. The lowest BCUT2D eigenvalue weighted by Crippen LogP contribution is -2.66. The predicted octanol–water partition coefficient (Wildman–Crippen LogP) is 5.10. The Morgan fingerprint density at radius 3 is 1.55 bits per heavy atom. The molecule has 7 heteroatoms.